The summed E-state index contributed by atoms with van der Waals surface area (Å²) >= 11 is 0. The van der Waals surface area contributed by atoms with Gasteiger partial charge in [0, 0.05) is 30.4 Å². The van der Waals surface area contributed by atoms with Gasteiger partial charge in [-0.2, -0.15) is 0 Å². The molecule has 0 N–H and O–H groups in total. The van der Waals surface area contributed by atoms with E-state index in [4.69, 9.17) is 0 Å². The van der Waals surface area contributed by atoms with Crippen LogP contribution in [0, 0.1) is 5.82 Å². The lowest BCUT2D eigenvalue weighted by molar-refractivity contribution is -0.117. The molecule has 0 bridgehead atoms. The van der Waals surface area contributed by atoms with E-state index in [1.54, 1.807) is 11.9 Å². The third-order valence-electron chi connectivity index (χ3n) is 6.10. The van der Waals surface area contributed by atoms with E-state index in [0.29, 0.717) is 12.0 Å². The van der Waals surface area contributed by atoms with Crippen LogP contribution in [0.1, 0.15) is 47.7 Å². The SMILES string of the molecule is C[C@@H]1CC[C@H](CCc2ccc(F)cc2)N1C(=O)c1ccc2c(c1)CC(=O)N2C. The highest BCUT2D eigenvalue weighted by atomic mass is 19.1. The number of benzene rings is 2. The number of aryl methyl sites for hydroxylation is 1. The Bertz CT molecular complexity index is 909. The molecule has 4 rings (SSSR count). The van der Waals surface area contributed by atoms with E-state index in [1.165, 1.54) is 12.1 Å². The maximum atomic E-state index is 13.3. The van der Waals surface area contributed by atoms with Crippen LogP contribution >= 0.6 is 0 Å². The van der Waals surface area contributed by atoms with Crippen molar-refractivity contribution in [1.82, 2.24) is 4.90 Å². The molecule has 0 radical (unpaired) electrons. The zero-order chi connectivity index (χ0) is 19.8. The molecular weight excluding hydrogens is 355 g/mol. The van der Waals surface area contributed by atoms with Gasteiger partial charge in [-0.25, -0.2) is 4.39 Å². The van der Waals surface area contributed by atoms with Crippen molar-refractivity contribution < 1.29 is 14.0 Å². The fourth-order valence-corrected chi connectivity index (χ4v) is 4.46. The van der Waals surface area contributed by atoms with Gasteiger partial charge in [0.2, 0.25) is 5.91 Å². The summed E-state index contributed by atoms with van der Waals surface area (Å²) < 4.78 is 13.1. The molecule has 0 aliphatic carbocycles. The number of fused-ring (bicyclic) bond motifs is 1. The number of carbonyl (C=O) groups is 2. The Morgan fingerprint density at radius 2 is 1.89 bits per heavy atom. The second kappa shape index (κ2) is 7.38. The Morgan fingerprint density at radius 1 is 1.14 bits per heavy atom. The van der Waals surface area contributed by atoms with Gasteiger partial charge in [0.05, 0.1) is 6.42 Å². The fraction of sp³-hybridized carbons (Fsp3) is 0.391. The summed E-state index contributed by atoms with van der Waals surface area (Å²) in [5, 5.41) is 0. The molecule has 28 heavy (non-hydrogen) atoms. The molecule has 2 aliphatic rings. The molecule has 2 atom stereocenters. The molecule has 2 aromatic rings. The lowest BCUT2D eigenvalue weighted by Gasteiger charge is -2.29. The average molecular weight is 380 g/mol. The number of anilines is 1. The predicted molar refractivity (Wildman–Crippen MR) is 107 cm³/mol. The van der Waals surface area contributed by atoms with Crippen LogP contribution in [0.4, 0.5) is 10.1 Å². The highest BCUT2D eigenvalue weighted by Gasteiger charge is 2.35. The summed E-state index contributed by atoms with van der Waals surface area (Å²) in [7, 11) is 1.77. The number of carbonyl (C=O) groups excluding carboxylic acids is 2. The standard InChI is InChI=1S/C23H25FN2O2/c1-15-3-10-20(11-6-16-4-8-19(24)9-5-16)26(15)23(28)17-7-12-21-18(13-17)14-22(27)25(21)2/h4-5,7-9,12-13,15,20H,3,6,10-11,14H2,1-2H3/t15-,20-/m1/s1. The normalized spacial score (nSPS) is 21.3. The molecule has 0 aromatic heterocycles. The number of amides is 2. The number of likely N-dealkylation sites (N-methyl/N-ethyl adjacent to an activating group) is 1. The molecule has 2 amide bonds. The molecule has 2 aliphatic heterocycles. The van der Waals surface area contributed by atoms with Crippen LogP contribution in [0.2, 0.25) is 0 Å². The summed E-state index contributed by atoms with van der Waals surface area (Å²) in [5.41, 5.74) is 3.56. The van der Waals surface area contributed by atoms with Crippen LogP contribution < -0.4 is 4.90 Å². The molecule has 4 nitrogen and oxygen atoms in total. The van der Waals surface area contributed by atoms with Crippen molar-refractivity contribution >= 4 is 17.5 Å². The number of halogens is 1. The van der Waals surface area contributed by atoms with Gasteiger partial charge in [-0.1, -0.05) is 12.1 Å². The van der Waals surface area contributed by atoms with E-state index in [0.717, 1.165) is 42.5 Å². The second-order valence-corrected chi connectivity index (χ2v) is 7.93. The first-order valence-corrected chi connectivity index (χ1v) is 9.90. The van der Waals surface area contributed by atoms with E-state index in [9.17, 15) is 14.0 Å². The maximum Gasteiger partial charge on any atom is 0.254 e. The Balaban J connectivity index is 1.49. The molecule has 146 valence electrons. The smallest absolute Gasteiger partial charge is 0.254 e. The lowest BCUT2D eigenvalue weighted by Crippen LogP contribution is -2.40. The minimum Gasteiger partial charge on any atom is -0.333 e. The van der Waals surface area contributed by atoms with Gasteiger partial charge >= 0.3 is 0 Å². The predicted octanol–water partition coefficient (Wildman–Crippen LogP) is 3.97. The van der Waals surface area contributed by atoms with Crippen LogP contribution in [0.25, 0.3) is 0 Å². The van der Waals surface area contributed by atoms with Gasteiger partial charge in [0.15, 0.2) is 0 Å². The number of rotatable bonds is 4. The zero-order valence-corrected chi connectivity index (χ0v) is 16.3. The van der Waals surface area contributed by atoms with Gasteiger partial charge in [-0.15, -0.1) is 0 Å². The zero-order valence-electron chi connectivity index (χ0n) is 16.3. The van der Waals surface area contributed by atoms with Crippen LogP contribution in [-0.4, -0.2) is 35.8 Å². The number of nitrogens with zero attached hydrogens (tertiary/aromatic N) is 2. The third-order valence-corrected chi connectivity index (χ3v) is 6.10. The van der Waals surface area contributed by atoms with Crippen molar-refractivity contribution in [2.75, 3.05) is 11.9 Å². The average Bonchev–Trinajstić information content (AvgIpc) is 3.19. The van der Waals surface area contributed by atoms with E-state index in [1.807, 2.05) is 35.2 Å². The van der Waals surface area contributed by atoms with Crippen molar-refractivity contribution in [1.29, 1.82) is 0 Å². The van der Waals surface area contributed by atoms with Crippen molar-refractivity contribution in [3.05, 3.63) is 65.0 Å². The summed E-state index contributed by atoms with van der Waals surface area (Å²) in [6.45, 7) is 2.10. The number of hydrogen-bond acceptors (Lipinski definition) is 2. The highest BCUT2D eigenvalue weighted by Crippen LogP contribution is 2.32. The van der Waals surface area contributed by atoms with Gasteiger partial charge in [-0.3, -0.25) is 9.59 Å². The van der Waals surface area contributed by atoms with Gasteiger partial charge in [0.1, 0.15) is 5.82 Å². The molecule has 2 heterocycles. The van der Waals surface area contributed by atoms with Gasteiger partial charge in [-0.05, 0) is 74.1 Å². The summed E-state index contributed by atoms with van der Waals surface area (Å²) in [6.07, 6.45) is 4.03. The van der Waals surface area contributed by atoms with E-state index in [-0.39, 0.29) is 29.7 Å². The molecule has 5 heteroatoms. The molecule has 0 saturated carbocycles. The lowest BCUT2D eigenvalue weighted by atomic mass is 10.0. The van der Waals surface area contributed by atoms with E-state index < -0.39 is 0 Å². The van der Waals surface area contributed by atoms with Crippen molar-refractivity contribution in [3.63, 3.8) is 0 Å². The first-order valence-electron chi connectivity index (χ1n) is 9.90. The van der Waals surface area contributed by atoms with Crippen molar-refractivity contribution in [2.24, 2.45) is 0 Å². The minimum atomic E-state index is -0.226. The minimum absolute atomic E-state index is 0.0407. The number of likely N-dealkylation sites (tertiary alicyclic amines) is 1. The molecule has 0 unspecified atom stereocenters. The summed E-state index contributed by atoms with van der Waals surface area (Å²) in [4.78, 5) is 28.8. The molecule has 1 saturated heterocycles. The quantitative estimate of drug-likeness (QED) is 0.805. The Labute approximate surface area is 164 Å². The third kappa shape index (κ3) is 3.41. The fourth-order valence-electron chi connectivity index (χ4n) is 4.46. The van der Waals surface area contributed by atoms with Crippen LogP contribution in [0.3, 0.4) is 0 Å². The van der Waals surface area contributed by atoms with Gasteiger partial charge < -0.3 is 9.80 Å². The van der Waals surface area contributed by atoms with Gasteiger partial charge in [0.25, 0.3) is 5.91 Å². The monoisotopic (exact) mass is 380 g/mol. The first-order chi connectivity index (χ1) is 13.4. The topological polar surface area (TPSA) is 40.6 Å². The molecule has 1 fully saturated rings. The highest BCUT2D eigenvalue weighted by molar-refractivity contribution is 6.03. The van der Waals surface area contributed by atoms with Crippen LogP contribution in [-0.2, 0) is 17.6 Å². The molecule has 0 spiro atoms. The van der Waals surface area contributed by atoms with Crippen molar-refractivity contribution in [2.45, 2.75) is 51.1 Å². The molecule has 2 aromatic carbocycles. The first kappa shape index (κ1) is 18.7. The number of hydrogen-bond donors (Lipinski definition) is 0. The maximum absolute atomic E-state index is 13.3. The van der Waals surface area contributed by atoms with Crippen LogP contribution in [0.15, 0.2) is 42.5 Å². The van der Waals surface area contributed by atoms with E-state index in [2.05, 4.69) is 6.92 Å². The van der Waals surface area contributed by atoms with E-state index >= 15 is 0 Å². The molecular formula is C23H25FN2O2. The van der Waals surface area contributed by atoms with Crippen LogP contribution in [0.5, 0.6) is 0 Å². The Morgan fingerprint density at radius 3 is 2.64 bits per heavy atom. The second-order valence-electron chi connectivity index (χ2n) is 7.93. The summed E-state index contributed by atoms with van der Waals surface area (Å²) in [5.74, 6) is -0.124. The largest absolute Gasteiger partial charge is 0.333 e. The van der Waals surface area contributed by atoms with Crippen molar-refractivity contribution in [3.8, 4) is 0 Å². The summed E-state index contributed by atoms with van der Waals surface area (Å²) in [6, 6.07) is 12.6. The Hall–Kier alpha value is -2.69. The Kier molecular flexibility index (Phi) is 4.92.